The zero-order chi connectivity index (χ0) is 17.4. The van der Waals surface area contributed by atoms with Crippen molar-refractivity contribution < 1.29 is 14.3 Å². The number of hydrogen-bond acceptors (Lipinski definition) is 3. The Morgan fingerprint density at radius 2 is 1.68 bits per heavy atom. The number of methoxy groups -OCH3 is 1. The standard InChI is InChI=1S/C20H24N2O3/c1-25-18-6-4-17(5-7-18)22-13-16(12-19(22)23)20(24)21-10-8-15(9-11-21)14-2-3-14/h4-7,16H,2-3,8-13H2,1H3. The maximum absolute atomic E-state index is 12.8. The van der Waals surface area contributed by atoms with Crippen LogP contribution in [-0.2, 0) is 9.59 Å². The topological polar surface area (TPSA) is 49.9 Å². The highest BCUT2D eigenvalue weighted by Gasteiger charge is 2.38. The summed E-state index contributed by atoms with van der Waals surface area (Å²) in [5, 5.41) is 0. The predicted octanol–water partition coefficient (Wildman–Crippen LogP) is 2.76. The maximum Gasteiger partial charge on any atom is 0.228 e. The molecule has 3 aliphatic rings. The van der Waals surface area contributed by atoms with Crippen LogP contribution in [-0.4, -0.2) is 43.5 Å². The Kier molecular flexibility index (Phi) is 4.24. The van der Waals surface area contributed by atoms with Gasteiger partial charge in [-0.15, -0.1) is 0 Å². The van der Waals surface area contributed by atoms with Crippen LogP contribution in [0.5, 0.6) is 5.75 Å². The SMILES string of the molecule is COc1ccc(N2CC(C(=O)N3CCC(=C4CC4)CC3)CC2=O)cc1. The fraction of sp³-hybridized carbons (Fsp3) is 0.500. The molecule has 1 aliphatic carbocycles. The highest BCUT2D eigenvalue weighted by Crippen LogP contribution is 2.36. The lowest BCUT2D eigenvalue weighted by Crippen LogP contribution is -2.41. The number of allylic oxidation sites excluding steroid dienone is 1. The predicted molar refractivity (Wildman–Crippen MR) is 95.5 cm³/mol. The highest BCUT2D eigenvalue weighted by molar-refractivity contribution is 6.00. The van der Waals surface area contributed by atoms with Gasteiger partial charge in [-0.05, 0) is 49.9 Å². The number of carbonyl (C=O) groups is 2. The molecule has 0 spiro atoms. The Labute approximate surface area is 148 Å². The van der Waals surface area contributed by atoms with Crippen molar-refractivity contribution in [1.82, 2.24) is 4.90 Å². The van der Waals surface area contributed by atoms with Crippen LogP contribution < -0.4 is 9.64 Å². The average Bonchev–Trinajstić information content (AvgIpc) is 3.43. The fourth-order valence-electron chi connectivity index (χ4n) is 3.91. The Hall–Kier alpha value is -2.30. The quantitative estimate of drug-likeness (QED) is 0.795. The molecule has 2 heterocycles. The van der Waals surface area contributed by atoms with E-state index in [1.807, 2.05) is 29.2 Å². The van der Waals surface area contributed by atoms with Crippen molar-refractivity contribution in [1.29, 1.82) is 0 Å². The maximum atomic E-state index is 12.8. The lowest BCUT2D eigenvalue weighted by atomic mass is 10.00. The van der Waals surface area contributed by atoms with E-state index in [9.17, 15) is 9.59 Å². The van der Waals surface area contributed by atoms with E-state index in [4.69, 9.17) is 4.74 Å². The Bertz CT molecular complexity index is 707. The summed E-state index contributed by atoms with van der Waals surface area (Å²) in [5.41, 5.74) is 4.03. The summed E-state index contributed by atoms with van der Waals surface area (Å²) in [7, 11) is 1.62. The summed E-state index contributed by atoms with van der Waals surface area (Å²) >= 11 is 0. The molecule has 5 nitrogen and oxygen atoms in total. The number of rotatable bonds is 3. The Morgan fingerprint density at radius 3 is 2.28 bits per heavy atom. The third kappa shape index (κ3) is 3.28. The molecule has 1 atom stereocenters. The van der Waals surface area contributed by atoms with E-state index in [1.165, 1.54) is 12.8 Å². The van der Waals surface area contributed by atoms with Crippen LogP contribution in [0.15, 0.2) is 35.4 Å². The average molecular weight is 340 g/mol. The molecular weight excluding hydrogens is 316 g/mol. The smallest absolute Gasteiger partial charge is 0.228 e. The van der Waals surface area contributed by atoms with Crippen molar-refractivity contribution in [3.63, 3.8) is 0 Å². The minimum Gasteiger partial charge on any atom is -0.497 e. The molecular formula is C20H24N2O3. The van der Waals surface area contributed by atoms with Crippen molar-refractivity contribution in [3.05, 3.63) is 35.4 Å². The van der Waals surface area contributed by atoms with Gasteiger partial charge in [0.05, 0.1) is 13.0 Å². The van der Waals surface area contributed by atoms with Gasteiger partial charge >= 0.3 is 0 Å². The van der Waals surface area contributed by atoms with Crippen LogP contribution in [0.3, 0.4) is 0 Å². The first-order valence-electron chi connectivity index (χ1n) is 9.08. The second-order valence-electron chi connectivity index (χ2n) is 7.14. The van der Waals surface area contributed by atoms with E-state index in [-0.39, 0.29) is 17.7 Å². The first-order chi connectivity index (χ1) is 12.2. The van der Waals surface area contributed by atoms with Crippen LogP contribution in [0.25, 0.3) is 0 Å². The Morgan fingerprint density at radius 1 is 1.04 bits per heavy atom. The molecule has 0 N–H and O–H groups in total. The number of nitrogens with zero attached hydrogens (tertiary/aromatic N) is 2. The van der Waals surface area contributed by atoms with Gasteiger partial charge in [-0.1, -0.05) is 11.1 Å². The molecule has 0 aromatic heterocycles. The lowest BCUT2D eigenvalue weighted by molar-refractivity contribution is -0.136. The molecule has 5 heteroatoms. The van der Waals surface area contributed by atoms with Crippen molar-refractivity contribution in [3.8, 4) is 5.75 Å². The van der Waals surface area contributed by atoms with Gasteiger partial charge in [-0.2, -0.15) is 0 Å². The molecule has 25 heavy (non-hydrogen) atoms. The van der Waals surface area contributed by atoms with Crippen LogP contribution in [0.2, 0.25) is 0 Å². The van der Waals surface area contributed by atoms with Gasteiger partial charge in [-0.3, -0.25) is 9.59 Å². The van der Waals surface area contributed by atoms with Crippen molar-refractivity contribution in [2.45, 2.75) is 32.1 Å². The van der Waals surface area contributed by atoms with E-state index in [1.54, 1.807) is 23.2 Å². The summed E-state index contributed by atoms with van der Waals surface area (Å²) in [4.78, 5) is 28.9. The first kappa shape index (κ1) is 16.2. The second kappa shape index (κ2) is 6.54. The number of likely N-dealkylation sites (tertiary alicyclic amines) is 1. The number of amides is 2. The molecule has 2 saturated heterocycles. The molecule has 1 aromatic rings. The van der Waals surface area contributed by atoms with E-state index < -0.39 is 0 Å². The van der Waals surface area contributed by atoms with Gasteiger partial charge in [0.1, 0.15) is 5.75 Å². The molecule has 3 fully saturated rings. The van der Waals surface area contributed by atoms with Crippen LogP contribution in [0.1, 0.15) is 32.1 Å². The van der Waals surface area contributed by atoms with Crippen LogP contribution >= 0.6 is 0 Å². The third-order valence-corrected chi connectivity index (χ3v) is 5.54. The largest absolute Gasteiger partial charge is 0.497 e. The summed E-state index contributed by atoms with van der Waals surface area (Å²) in [6.07, 6.45) is 4.87. The van der Waals surface area contributed by atoms with Gasteiger partial charge in [0.2, 0.25) is 11.8 Å². The molecule has 1 aromatic carbocycles. The van der Waals surface area contributed by atoms with Gasteiger partial charge in [0, 0.05) is 31.7 Å². The number of benzene rings is 1. The zero-order valence-electron chi connectivity index (χ0n) is 14.7. The fourth-order valence-corrected chi connectivity index (χ4v) is 3.91. The number of hydrogen-bond donors (Lipinski definition) is 0. The summed E-state index contributed by atoms with van der Waals surface area (Å²) in [6.45, 7) is 2.10. The van der Waals surface area contributed by atoms with Crippen LogP contribution in [0.4, 0.5) is 5.69 Å². The molecule has 0 radical (unpaired) electrons. The van der Waals surface area contributed by atoms with Crippen molar-refractivity contribution in [2.75, 3.05) is 31.6 Å². The monoisotopic (exact) mass is 340 g/mol. The summed E-state index contributed by atoms with van der Waals surface area (Å²) < 4.78 is 5.16. The van der Waals surface area contributed by atoms with Gasteiger partial charge in [0.25, 0.3) is 0 Å². The van der Waals surface area contributed by atoms with Crippen LogP contribution in [0, 0.1) is 5.92 Å². The van der Waals surface area contributed by atoms with Gasteiger partial charge in [0.15, 0.2) is 0 Å². The molecule has 132 valence electrons. The third-order valence-electron chi connectivity index (χ3n) is 5.54. The molecule has 2 aliphatic heterocycles. The van der Waals surface area contributed by atoms with E-state index in [2.05, 4.69) is 0 Å². The van der Waals surface area contributed by atoms with E-state index >= 15 is 0 Å². The van der Waals surface area contributed by atoms with Crippen molar-refractivity contribution >= 4 is 17.5 Å². The number of piperidine rings is 1. The number of carbonyl (C=O) groups excluding carboxylic acids is 2. The second-order valence-corrected chi connectivity index (χ2v) is 7.14. The normalized spacial score (nSPS) is 23.2. The number of anilines is 1. The summed E-state index contributed by atoms with van der Waals surface area (Å²) in [6, 6.07) is 7.43. The Balaban J connectivity index is 1.39. The van der Waals surface area contributed by atoms with Crippen molar-refractivity contribution in [2.24, 2.45) is 5.92 Å². The van der Waals surface area contributed by atoms with E-state index in [0.717, 1.165) is 37.4 Å². The highest BCUT2D eigenvalue weighted by atomic mass is 16.5. The molecule has 1 unspecified atom stereocenters. The minimum absolute atomic E-state index is 0.0290. The molecule has 2 amide bonds. The minimum atomic E-state index is -0.218. The molecule has 1 saturated carbocycles. The lowest BCUT2D eigenvalue weighted by Gasteiger charge is -2.30. The molecule has 4 rings (SSSR count). The molecule has 0 bridgehead atoms. The van der Waals surface area contributed by atoms with Gasteiger partial charge in [-0.25, -0.2) is 0 Å². The first-order valence-corrected chi connectivity index (χ1v) is 9.08. The summed E-state index contributed by atoms with van der Waals surface area (Å²) in [5.74, 6) is 0.715. The van der Waals surface area contributed by atoms with E-state index in [0.29, 0.717) is 13.0 Å². The van der Waals surface area contributed by atoms with Gasteiger partial charge < -0.3 is 14.5 Å². The zero-order valence-corrected chi connectivity index (χ0v) is 14.7. The number of ether oxygens (including phenoxy) is 1.